The maximum Gasteiger partial charge on any atom is 0.137 e. The molecule has 1 heterocycles. The van der Waals surface area contributed by atoms with Gasteiger partial charge in [-0.25, -0.2) is 0 Å². The van der Waals surface area contributed by atoms with Crippen molar-refractivity contribution in [3.05, 3.63) is 28.8 Å². The maximum atomic E-state index is 6.14. The van der Waals surface area contributed by atoms with Crippen molar-refractivity contribution in [3.63, 3.8) is 0 Å². The lowest BCUT2D eigenvalue weighted by atomic mass is 10.0. The van der Waals surface area contributed by atoms with E-state index in [0.29, 0.717) is 11.1 Å². The number of hydrogen-bond acceptors (Lipinski definition) is 3. The fourth-order valence-corrected chi connectivity index (χ4v) is 2.73. The number of rotatable bonds is 4. The van der Waals surface area contributed by atoms with E-state index < -0.39 is 0 Å². The van der Waals surface area contributed by atoms with Crippen molar-refractivity contribution >= 4 is 11.6 Å². The monoisotopic (exact) mass is 268 g/mol. The second kappa shape index (κ2) is 6.41. The van der Waals surface area contributed by atoms with E-state index in [-0.39, 0.29) is 0 Å². The van der Waals surface area contributed by atoms with E-state index in [4.69, 9.17) is 16.3 Å². The minimum atomic E-state index is 0.681. The molecule has 1 fully saturated rings. The molecule has 1 saturated heterocycles. The lowest BCUT2D eigenvalue weighted by molar-refractivity contribution is 0.194. The normalized spacial score (nSPS) is 17.9. The number of piperidine rings is 1. The van der Waals surface area contributed by atoms with E-state index in [1.807, 2.05) is 19.2 Å². The van der Waals surface area contributed by atoms with Crippen LogP contribution in [-0.4, -0.2) is 38.2 Å². The molecule has 0 aliphatic carbocycles. The molecule has 3 nitrogen and oxygen atoms in total. The number of halogens is 1. The summed E-state index contributed by atoms with van der Waals surface area (Å²) in [5.74, 6) is 0.745. The fraction of sp³-hybridized carbons (Fsp3) is 0.571. The zero-order chi connectivity index (χ0) is 13.0. The molecule has 1 N–H and O–H groups in total. The summed E-state index contributed by atoms with van der Waals surface area (Å²) in [7, 11) is 3.69. The Morgan fingerprint density at radius 2 is 2.11 bits per heavy atom. The Morgan fingerprint density at radius 3 is 2.67 bits per heavy atom. The molecule has 0 radical (unpaired) electrons. The first kappa shape index (κ1) is 13.7. The van der Waals surface area contributed by atoms with Gasteiger partial charge in [0.05, 0.1) is 12.1 Å². The third-order valence-electron chi connectivity index (χ3n) is 3.62. The molecule has 0 bridgehead atoms. The van der Waals surface area contributed by atoms with Gasteiger partial charge in [-0.3, -0.25) is 4.90 Å². The Morgan fingerprint density at radius 1 is 1.39 bits per heavy atom. The molecule has 18 heavy (non-hydrogen) atoms. The average Bonchev–Trinajstić information content (AvgIpc) is 2.40. The van der Waals surface area contributed by atoms with Crippen LogP contribution in [0.2, 0.25) is 5.02 Å². The molecule has 0 unspecified atom stereocenters. The minimum Gasteiger partial charge on any atom is -0.495 e. The quantitative estimate of drug-likeness (QED) is 0.908. The summed E-state index contributed by atoms with van der Waals surface area (Å²) in [6, 6.07) is 6.72. The molecule has 1 aliphatic rings. The van der Waals surface area contributed by atoms with E-state index in [0.717, 1.165) is 25.4 Å². The summed E-state index contributed by atoms with van der Waals surface area (Å²) in [5.41, 5.74) is 1.25. The van der Waals surface area contributed by atoms with Crippen molar-refractivity contribution < 1.29 is 4.74 Å². The van der Waals surface area contributed by atoms with Gasteiger partial charge in [0, 0.05) is 12.6 Å². The van der Waals surface area contributed by atoms with E-state index in [9.17, 15) is 0 Å². The van der Waals surface area contributed by atoms with Crippen LogP contribution in [0.3, 0.4) is 0 Å². The van der Waals surface area contributed by atoms with E-state index >= 15 is 0 Å². The number of methoxy groups -OCH3 is 1. The van der Waals surface area contributed by atoms with Crippen molar-refractivity contribution in [1.82, 2.24) is 10.2 Å². The first-order chi connectivity index (χ1) is 8.72. The van der Waals surface area contributed by atoms with Crippen LogP contribution in [-0.2, 0) is 6.54 Å². The summed E-state index contributed by atoms with van der Waals surface area (Å²) in [5, 5.41) is 4.04. The number of hydrogen-bond donors (Lipinski definition) is 1. The Kier molecular flexibility index (Phi) is 4.87. The Balaban J connectivity index is 1.92. The van der Waals surface area contributed by atoms with Crippen molar-refractivity contribution in [3.8, 4) is 5.75 Å². The summed E-state index contributed by atoms with van der Waals surface area (Å²) in [6.45, 7) is 3.27. The molecule has 0 aromatic heterocycles. The highest BCUT2D eigenvalue weighted by Crippen LogP contribution is 2.26. The van der Waals surface area contributed by atoms with E-state index in [1.54, 1.807) is 7.11 Å². The van der Waals surface area contributed by atoms with Crippen LogP contribution in [0.5, 0.6) is 5.75 Å². The number of nitrogens with one attached hydrogen (secondary N) is 1. The highest BCUT2D eigenvalue weighted by Gasteiger charge is 2.17. The summed E-state index contributed by atoms with van der Waals surface area (Å²) in [6.07, 6.45) is 2.45. The lowest BCUT2D eigenvalue weighted by Gasteiger charge is -2.31. The molecule has 100 valence electrons. The lowest BCUT2D eigenvalue weighted by Crippen LogP contribution is -2.40. The summed E-state index contributed by atoms with van der Waals surface area (Å²) >= 11 is 6.14. The highest BCUT2D eigenvalue weighted by atomic mass is 35.5. The van der Waals surface area contributed by atoms with Crippen LogP contribution in [0.15, 0.2) is 18.2 Å². The van der Waals surface area contributed by atoms with Gasteiger partial charge in [-0.1, -0.05) is 17.7 Å². The molecular formula is C14H21ClN2O. The molecule has 0 atom stereocenters. The molecule has 0 saturated carbocycles. The standard InChI is InChI=1S/C14H21ClN2O/c1-16-12-5-7-17(8-6-12)10-11-3-4-14(18-2)13(15)9-11/h3-4,9,12,16H,5-8,10H2,1-2H3. The Bertz CT molecular complexity index is 389. The van der Waals surface area contributed by atoms with Gasteiger partial charge in [0.15, 0.2) is 0 Å². The number of benzene rings is 1. The van der Waals surface area contributed by atoms with Gasteiger partial charge in [-0.05, 0) is 50.7 Å². The number of nitrogens with zero attached hydrogens (tertiary/aromatic N) is 1. The van der Waals surface area contributed by atoms with E-state index in [1.165, 1.54) is 18.4 Å². The van der Waals surface area contributed by atoms with Crippen LogP contribution >= 0.6 is 11.6 Å². The molecule has 4 heteroatoms. The van der Waals surface area contributed by atoms with Crippen molar-refractivity contribution in [1.29, 1.82) is 0 Å². The van der Waals surface area contributed by atoms with E-state index in [2.05, 4.69) is 16.3 Å². The topological polar surface area (TPSA) is 24.5 Å². The van der Waals surface area contributed by atoms with Gasteiger partial charge in [-0.15, -0.1) is 0 Å². The Labute approximate surface area is 114 Å². The van der Waals surface area contributed by atoms with Crippen LogP contribution in [0.1, 0.15) is 18.4 Å². The Hall–Kier alpha value is -0.770. The molecule has 1 aromatic carbocycles. The number of ether oxygens (including phenoxy) is 1. The van der Waals surface area contributed by atoms with Crippen LogP contribution < -0.4 is 10.1 Å². The second-order valence-corrected chi connectivity index (χ2v) is 5.22. The van der Waals surface area contributed by atoms with Gasteiger partial charge < -0.3 is 10.1 Å². The predicted molar refractivity (Wildman–Crippen MR) is 75.4 cm³/mol. The smallest absolute Gasteiger partial charge is 0.137 e. The van der Waals surface area contributed by atoms with Gasteiger partial charge >= 0.3 is 0 Å². The van der Waals surface area contributed by atoms with Gasteiger partial charge in [0.1, 0.15) is 5.75 Å². The fourth-order valence-electron chi connectivity index (χ4n) is 2.45. The third kappa shape index (κ3) is 3.37. The molecule has 2 rings (SSSR count). The summed E-state index contributed by atoms with van der Waals surface area (Å²) < 4.78 is 5.16. The molecule has 0 amide bonds. The first-order valence-electron chi connectivity index (χ1n) is 6.45. The zero-order valence-corrected chi connectivity index (χ0v) is 11.8. The van der Waals surface area contributed by atoms with Gasteiger partial charge in [0.25, 0.3) is 0 Å². The molecular weight excluding hydrogens is 248 g/mol. The molecule has 1 aliphatic heterocycles. The van der Waals surface area contributed by atoms with Crippen molar-refractivity contribution in [2.24, 2.45) is 0 Å². The maximum absolute atomic E-state index is 6.14. The first-order valence-corrected chi connectivity index (χ1v) is 6.82. The van der Waals surface area contributed by atoms with Crippen LogP contribution in [0, 0.1) is 0 Å². The van der Waals surface area contributed by atoms with Crippen molar-refractivity contribution in [2.75, 3.05) is 27.2 Å². The summed E-state index contributed by atoms with van der Waals surface area (Å²) in [4.78, 5) is 2.48. The van der Waals surface area contributed by atoms with Gasteiger partial charge in [0.2, 0.25) is 0 Å². The molecule has 1 aromatic rings. The third-order valence-corrected chi connectivity index (χ3v) is 3.91. The van der Waals surface area contributed by atoms with Crippen LogP contribution in [0.25, 0.3) is 0 Å². The van der Waals surface area contributed by atoms with Crippen molar-refractivity contribution in [2.45, 2.75) is 25.4 Å². The predicted octanol–water partition coefficient (Wildman–Crippen LogP) is 2.53. The van der Waals surface area contributed by atoms with Crippen LogP contribution in [0.4, 0.5) is 0 Å². The SMILES string of the molecule is CNC1CCN(Cc2ccc(OC)c(Cl)c2)CC1. The second-order valence-electron chi connectivity index (χ2n) is 4.81. The van der Waals surface area contributed by atoms with Gasteiger partial charge in [-0.2, -0.15) is 0 Å². The number of likely N-dealkylation sites (tertiary alicyclic amines) is 1. The molecule has 0 spiro atoms. The zero-order valence-electron chi connectivity index (χ0n) is 11.1. The highest BCUT2D eigenvalue weighted by molar-refractivity contribution is 6.32. The average molecular weight is 269 g/mol. The minimum absolute atomic E-state index is 0.681. The largest absolute Gasteiger partial charge is 0.495 e.